The number of hydrogen-bond acceptors (Lipinski definition) is 4. The van der Waals surface area contributed by atoms with Crippen molar-refractivity contribution < 1.29 is 14.5 Å². The van der Waals surface area contributed by atoms with Gasteiger partial charge in [-0.05, 0) is 31.0 Å². The lowest BCUT2D eigenvalue weighted by Gasteiger charge is -2.29. The summed E-state index contributed by atoms with van der Waals surface area (Å²) in [5.41, 5.74) is 0.409. The van der Waals surface area contributed by atoms with Crippen molar-refractivity contribution in [2.45, 2.75) is 25.9 Å². The van der Waals surface area contributed by atoms with Crippen molar-refractivity contribution in [3.05, 3.63) is 75.8 Å². The smallest absolute Gasteiger partial charge is 0.339 e. The molecule has 0 N–H and O–H groups in total. The van der Waals surface area contributed by atoms with E-state index in [-0.39, 0.29) is 5.69 Å². The van der Waals surface area contributed by atoms with E-state index >= 15 is 0 Å². The van der Waals surface area contributed by atoms with E-state index in [1.165, 1.54) is 24.3 Å². The van der Waals surface area contributed by atoms with E-state index in [1.807, 2.05) is 44.2 Å². The molecular formula is C17H17NO4. The molecule has 0 aliphatic carbocycles. The molecule has 2 rings (SSSR count). The quantitative estimate of drug-likeness (QED) is 0.474. The molecule has 5 nitrogen and oxygen atoms in total. The zero-order chi connectivity index (χ0) is 16.2. The number of hydrogen-bond donors (Lipinski definition) is 0. The van der Waals surface area contributed by atoms with Gasteiger partial charge in [-0.15, -0.1) is 0 Å². The molecule has 5 heteroatoms. The minimum Gasteiger partial charge on any atom is -0.451 e. The van der Waals surface area contributed by atoms with Gasteiger partial charge in [0.15, 0.2) is 0 Å². The Bertz CT molecular complexity index is 667. The number of carbonyl (C=O) groups is 1. The maximum Gasteiger partial charge on any atom is 0.339 e. The lowest BCUT2D eigenvalue weighted by molar-refractivity contribution is -0.384. The third-order valence-electron chi connectivity index (χ3n) is 3.69. The van der Waals surface area contributed by atoms with E-state index in [0.717, 1.165) is 5.56 Å². The molecule has 0 amide bonds. The third kappa shape index (κ3) is 3.31. The van der Waals surface area contributed by atoms with Gasteiger partial charge in [0.05, 0.1) is 10.5 Å². The Morgan fingerprint density at radius 2 is 1.73 bits per heavy atom. The Labute approximate surface area is 128 Å². The van der Waals surface area contributed by atoms with Crippen LogP contribution in [0.25, 0.3) is 0 Å². The fraction of sp³-hybridized carbons (Fsp3) is 0.235. The maximum atomic E-state index is 12.3. The Kier molecular flexibility index (Phi) is 4.56. The lowest BCUT2D eigenvalue weighted by atomic mass is 9.93. The van der Waals surface area contributed by atoms with Gasteiger partial charge in [0.1, 0.15) is 5.60 Å². The first-order valence-electron chi connectivity index (χ1n) is 6.99. The highest BCUT2D eigenvalue weighted by Gasteiger charge is 2.29. The molecule has 0 bridgehead atoms. The van der Waals surface area contributed by atoms with Crippen LogP contribution in [0.5, 0.6) is 0 Å². The molecule has 0 aliphatic heterocycles. The van der Waals surface area contributed by atoms with Crippen LogP contribution in [0.3, 0.4) is 0 Å². The largest absolute Gasteiger partial charge is 0.451 e. The topological polar surface area (TPSA) is 69.4 Å². The van der Waals surface area contributed by atoms with Gasteiger partial charge < -0.3 is 4.74 Å². The molecule has 0 fully saturated rings. The van der Waals surface area contributed by atoms with E-state index in [4.69, 9.17) is 4.74 Å². The molecular weight excluding hydrogens is 282 g/mol. The van der Waals surface area contributed by atoms with E-state index in [0.29, 0.717) is 12.0 Å². The van der Waals surface area contributed by atoms with Crippen molar-refractivity contribution in [3.8, 4) is 0 Å². The van der Waals surface area contributed by atoms with Gasteiger partial charge in [-0.25, -0.2) is 4.79 Å². The van der Waals surface area contributed by atoms with Crippen LogP contribution in [-0.2, 0) is 10.3 Å². The van der Waals surface area contributed by atoms with Crippen LogP contribution in [0.4, 0.5) is 5.69 Å². The predicted molar refractivity (Wildman–Crippen MR) is 82.6 cm³/mol. The second-order valence-corrected chi connectivity index (χ2v) is 5.14. The number of ether oxygens (including phenoxy) is 1. The molecule has 0 aliphatic rings. The number of nitrogens with zero attached hydrogens (tertiary/aromatic N) is 1. The van der Waals surface area contributed by atoms with Gasteiger partial charge in [-0.2, -0.15) is 0 Å². The van der Waals surface area contributed by atoms with Crippen LogP contribution >= 0.6 is 0 Å². The minimum atomic E-state index is -0.736. The molecule has 2 aromatic carbocycles. The Hall–Kier alpha value is -2.69. The second-order valence-electron chi connectivity index (χ2n) is 5.14. The van der Waals surface area contributed by atoms with Crippen molar-refractivity contribution >= 4 is 11.7 Å². The average molecular weight is 299 g/mol. The first kappa shape index (κ1) is 15.7. The molecule has 1 unspecified atom stereocenters. The van der Waals surface area contributed by atoms with E-state index in [9.17, 15) is 14.9 Å². The number of nitro groups is 1. The molecule has 22 heavy (non-hydrogen) atoms. The summed E-state index contributed by atoms with van der Waals surface area (Å²) in [6.45, 7) is 3.79. The van der Waals surface area contributed by atoms with Crippen LogP contribution < -0.4 is 0 Å². The zero-order valence-electron chi connectivity index (χ0n) is 12.5. The normalized spacial score (nSPS) is 13.2. The summed E-state index contributed by atoms with van der Waals surface area (Å²) in [4.78, 5) is 22.4. The molecule has 0 aromatic heterocycles. The molecule has 0 heterocycles. The molecule has 0 spiro atoms. The summed E-state index contributed by atoms with van der Waals surface area (Å²) in [6, 6.07) is 14.9. The van der Waals surface area contributed by atoms with Crippen LogP contribution in [0.2, 0.25) is 0 Å². The van der Waals surface area contributed by atoms with Crippen molar-refractivity contribution in [1.82, 2.24) is 0 Å². The number of rotatable bonds is 5. The molecule has 0 saturated heterocycles. The summed E-state index contributed by atoms with van der Waals surface area (Å²) >= 11 is 0. The average Bonchev–Trinajstić information content (AvgIpc) is 2.55. The molecule has 0 saturated carbocycles. The second kappa shape index (κ2) is 6.39. The molecule has 0 radical (unpaired) electrons. The number of benzene rings is 2. The van der Waals surface area contributed by atoms with Crippen molar-refractivity contribution in [2.75, 3.05) is 0 Å². The summed E-state index contributed by atoms with van der Waals surface area (Å²) < 4.78 is 5.65. The number of nitro benzene ring substituents is 1. The highest BCUT2D eigenvalue weighted by molar-refractivity contribution is 5.90. The van der Waals surface area contributed by atoms with Gasteiger partial charge in [0, 0.05) is 12.1 Å². The first-order valence-corrected chi connectivity index (χ1v) is 6.99. The Morgan fingerprint density at radius 3 is 2.23 bits per heavy atom. The fourth-order valence-electron chi connectivity index (χ4n) is 2.11. The monoisotopic (exact) mass is 299 g/mol. The van der Waals surface area contributed by atoms with E-state index < -0.39 is 16.5 Å². The maximum absolute atomic E-state index is 12.3. The Morgan fingerprint density at radius 1 is 1.14 bits per heavy atom. The van der Waals surface area contributed by atoms with Gasteiger partial charge in [0.25, 0.3) is 5.69 Å². The van der Waals surface area contributed by atoms with Gasteiger partial charge >= 0.3 is 5.97 Å². The van der Waals surface area contributed by atoms with Gasteiger partial charge in [-0.1, -0.05) is 37.3 Å². The first-order chi connectivity index (χ1) is 10.5. The molecule has 114 valence electrons. The van der Waals surface area contributed by atoms with Crippen molar-refractivity contribution in [2.24, 2.45) is 0 Å². The van der Waals surface area contributed by atoms with Crippen LogP contribution in [0.1, 0.15) is 36.2 Å². The van der Waals surface area contributed by atoms with Crippen molar-refractivity contribution in [3.63, 3.8) is 0 Å². The van der Waals surface area contributed by atoms with Gasteiger partial charge in [-0.3, -0.25) is 10.1 Å². The molecule has 2 aromatic rings. The van der Waals surface area contributed by atoms with Crippen molar-refractivity contribution in [1.29, 1.82) is 0 Å². The minimum absolute atomic E-state index is 0.0575. The number of carbonyl (C=O) groups excluding carboxylic acids is 1. The van der Waals surface area contributed by atoms with E-state index in [1.54, 1.807) is 0 Å². The fourth-order valence-corrected chi connectivity index (χ4v) is 2.11. The predicted octanol–water partition coefficient (Wildman–Crippen LogP) is 4.08. The summed E-state index contributed by atoms with van der Waals surface area (Å²) in [7, 11) is 0. The van der Waals surface area contributed by atoms with Crippen LogP contribution in [0, 0.1) is 10.1 Å². The van der Waals surface area contributed by atoms with Crippen LogP contribution in [0.15, 0.2) is 54.6 Å². The van der Waals surface area contributed by atoms with E-state index in [2.05, 4.69) is 0 Å². The number of esters is 1. The standard InChI is InChI=1S/C17H17NO4/c1-3-17(2,14-7-5-4-6-8-14)22-16(19)13-9-11-15(12-10-13)18(20)21/h4-12H,3H2,1-2H3. The summed E-state index contributed by atoms with van der Waals surface area (Å²) in [5.74, 6) is -0.497. The molecule has 1 atom stereocenters. The zero-order valence-corrected chi connectivity index (χ0v) is 12.5. The third-order valence-corrected chi connectivity index (χ3v) is 3.69. The highest BCUT2D eigenvalue weighted by Crippen LogP contribution is 2.30. The summed E-state index contributed by atoms with van der Waals surface area (Å²) in [5, 5.41) is 10.6. The SMILES string of the molecule is CCC(C)(OC(=O)c1ccc([N+](=O)[O-])cc1)c1ccccc1. The number of non-ortho nitro benzene ring substituents is 1. The highest BCUT2D eigenvalue weighted by atomic mass is 16.6. The van der Waals surface area contributed by atoms with Gasteiger partial charge in [0.2, 0.25) is 0 Å². The van der Waals surface area contributed by atoms with Crippen LogP contribution in [-0.4, -0.2) is 10.9 Å². The lowest BCUT2D eigenvalue weighted by Crippen LogP contribution is -2.28. The summed E-state index contributed by atoms with van der Waals surface area (Å²) in [6.07, 6.45) is 0.621. The Balaban J connectivity index is 2.21.